The standard InChI is InChI=1S/C21H31N3O6/c1-20(2,3)12-24(19(27)28)13-8-9-16-15(10-13)23(7)17(25)14(11-29-16)22-18(26)30-21(4,5)6/h8-10,14H,11-12H2,1-7H3,(H,22,26)(H,27,28)/t14-/m0/s1. The smallest absolute Gasteiger partial charge is 0.411 e. The molecule has 1 aromatic rings. The molecule has 1 atom stereocenters. The number of rotatable bonds is 3. The van der Waals surface area contributed by atoms with Crippen LogP contribution in [0.1, 0.15) is 41.5 Å². The number of likely N-dealkylation sites (N-methyl/N-ethyl adjacent to an activating group) is 1. The number of carbonyl (C=O) groups is 3. The third-order valence-electron chi connectivity index (χ3n) is 4.20. The molecule has 2 rings (SSSR count). The molecule has 2 N–H and O–H groups in total. The first kappa shape index (κ1) is 23.3. The predicted molar refractivity (Wildman–Crippen MR) is 113 cm³/mol. The molecular formula is C21H31N3O6. The lowest BCUT2D eigenvalue weighted by molar-refractivity contribution is -0.120. The molecule has 1 heterocycles. The molecule has 9 nitrogen and oxygen atoms in total. The zero-order chi connectivity index (χ0) is 22.9. The number of carboxylic acid groups (broad SMARTS) is 1. The summed E-state index contributed by atoms with van der Waals surface area (Å²) in [6.07, 6.45) is -1.80. The van der Waals surface area contributed by atoms with Crippen LogP contribution in [0.2, 0.25) is 0 Å². The molecule has 0 aromatic heterocycles. The summed E-state index contributed by atoms with van der Waals surface area (Å²) in [5, 5.41) is 12.2. The number of nitrogens with zero attached hydrogens (tertiary/aromatic N) is 2. The van der Waals surface area contributed by atoms with Crippen LogP contribution >= 0.6 is 0 Å². The molecule has 0 spiro atoms. The molecule has 9 heteroatoms. The van der Waals surface area contributed by atoms with Gasteiger partial charge in [-0.05, 0) is 44.4 Å². The van der Waals surface area contributed by atoms with Crippen LogP contribution in [-0.4, -0.2) is 55.0 Å². The lowest BCUT2D eigenvalue weighted by Crippen LogP contribution is -2.50. The van der Waals surface area contributed by atoms with E-state index in [4.69, 9.17) is 9.47 Å². The van der Waals surface area contributed by atoms with Crippen LogP contribution in [0.3, 0.4) is 0 Å². The van der Waals surface area contributed by atoms with Gasteiger partial charge in [0.2, 0.25) is 0 Å². The predicted octanol–water partition coefficient (Wildman–Crippen LogP) is 3.47. The highest BCUT2D eigenvalue weighted by molar-refractivity contribution is 6.01. The zero-order valence-electron chi connectivity index (χ0n) is 18.6. The number of benzene rings is 1. The Morgan fingerprint density at radius 3 is 2.43 bits per heavy atom. The first-order valence-corrected chi connectivity index (χ1v) is 9.72. The van der Waals surface area contributed by atoms with Crippen molar-refractivity contribution in [3.05, 3.63) is 18.2 Å². The van der Waals surface area contributed by atoms with Crippen molar-refractivity contribution >= 4 is 29.5 Å². The summed E-state index contributed by atoms with van der Waals surface area (Å²) in [6, 6.07) is 3.93. The molecule has 0 fully saturated rings. The van der Waals surface area contributed by atoms with Crippen molar-refractivity contribution in [2.24, 2.45) is 5.41 Å². The maximum atomic E-state index is 12.9. The maximum absolute atomic E-state index is 12.9. The average Bonchev–Trinajstić information content (AvgIpc) is 2.69. The first-order valence-electron chi connectivity index (χ1n) is 9.72. The van der Waals surface area contributed by atoms with E-state index in [-0.39, 0.29) is 18.6 Å². The molecule has 166 valence electrons. The maximum Gasteiger partial charge on any atom is 0.411 e. The minimum atomic E-state index is -1.09. The van der Waals surface area contributed by atoms with Gasteiger partial charge in [-0.1, -0.05) is 20.8 Å². The second-order valence-corrected chi connectivity index (χ2v) is 9.49. The van der Waals surface area contributed by atoms with Crippen molar-refractivity contribution in [1.29, 1.82) is 0 Å². The molecule has 0 saturated carbocycles. The molecule has 1 aliphatic heterocycles. The number of nitrogens with one attached hydrogen (secondary N) is 1. The molecular weight excluding hydrogens is 390 g/mol. The summed E-state index contributed by atoms with van der Waals surface area (Å²) in [6.45, 7) is 11.2. The van der Waals surface area contributed by atoms with Crippen LogP contribution in [0.4, 0.5) is 21.0 Å². The van der Waals surface area contributed by atoms with Gasteiger partial charge in [0.1, 0.15) is 24.0 Å². The van der Waals surface area contributed by atoms with E-state index in [1.807, 2.05) is 20.8 Å². The van der Waals surface area contributed by atoms with E-state index >= 15 is 0 Å². The molecule has 1 aromatic carbocycles. The molecule has 3 amide bonds. The van der Waals surface area contributed by atoms with Gasteiger partial charge < -0.3 is 24.8 Å². The SMILES string of the molecule is CN1C(=O)[C@@H](NC(=O)OC(C)(C)C)COc2ccc(N(CC(C)(C)C)C(=O)O)cc21. The Hall–Kier alpha value is -2.97. The average molecular weight is 421 g/mol. The third kappa shape index (κ3) is 6.01. The van der Waals surface area contributed by atoms with Crippen molar-refractivity contribution in [2.75, 3.05) is 30.0 Å². The van der Waals surface area contributed by atoms with Gasteiger partial charge in [0, 0.05) is 19.3 Å². The number of hydrogen-bond donors (Lipinski definition) is 2. The van der Waals surface area contributed by atoms with E-state index in [0.29, 0.717) is 17.1 Å². The van der Waals surface area contributed by atoms with Crippen LogP contribution in [0.15, 0.2) is 18.2 Å². The quantitative estimate of drug-likeness (QED) is 0.774. The van der Waals surface area contributed by atoms with E-state index in [0.717, 1.165) is 0 Å². The summed E-state index contributed by atoms with van der Waals surface area (Å²) in [5.41, 5.74) is -0.106. The largest absolute Gasteiger partial charge is 0.489 e. The van der Waals surface area contributed by atoms with Crippen LogP contribution in [0, 0.1) is 5.41 Å². The summed E-state index contributed by atoms with van der Waals surface area (Å²) in [4.78, 5) is 39.4. The highest BCUT2D eigenvalue weighted by Gasteiger charge is 2.33. The first-order chi connectivity index (χ1) is 13.7. The van der Waals surface area contributed by atoms with E-state index in [1.54, 1.807) is 46.0 Å². The number of carbonyl (C=O) groups excluding carboxylic acids is 2. The highest BCUT2D eigenvalue weighted by Crippen LogP contribution is 2.35. The number of ether oxygens (including phenoxy) is 2. The lowest BCUT2D eigenvalue weighted by atomic mass is 9.96. The minimum absolute atomic E-state index is 0.0700. The van der Waals surface area contributed by atoms with Crippen molar-refractivity contribution in [3.63, 3.8) is 0 Å². The number of anilines is 2. The van der Waals surface area contributed by atoms with Gasteiger partial charge in [0.05, 0.1) is 5.69 Å². The van der Waals surface area contributed by atoms with Gasteiger partial charge in [-0.3, -0.25) is 9.69 Å². The van der Waals surface area contributed by atoms with Crippen molar-refractivity contribution < 1.29 is 29.0 Å². The Kier molecular flexibility index (Phi) is 6.54. The Labute approximate surface area is 176 Å². The van der Waals surface area contributed by atoms with E-state index in [2.05, 4.69) is 5.32 Å². The van der Waals surface area contributed by atoms with E-state index in [1.165, 1.54) is 9.80 Å². The van der Waals surface area contributed by atoms with Crippen LogP contribution < -0.4 is 19.9 Å². The zero-order valence-corrected chi connectivity index (χ0v) is 18.6. The Balaban J connectivity index is 2.28. The van der Waals surface area contributed by atoms with Gasteiger partial charge in [-0.15, -0.1) is 0 Å². The normalized spacial score (nSPS) is 16.8. The van der Waals surface area contributed by atoms with E-state index < -0.39 is 29.7 Å². The number of fused-ring (bicyclic) bond motifs is 1. The molecule has 0 bridgehead atoms. The fourth-order valence-electron chi connectivity index (χ4n) is 2.95. The molecule has 0 unspecified atom stereocenters. The highest BCUT2D eigenvalue weighted by atomic mass is 16.6. The van der Waals surface area contributed by atoms with E-state index in [9.17, 15) is 19.5 Å². The number of alkyl carbamates (subject to hydrolysis) is 1. The second-order valence-electron chi connectivity index (χ2n) is 9.49. The summed E-state index contributed by atoms with van der Waals surface area (Å²) in [5.74, 6) is 0.0265. The fraction of sp³-hybridized carbons (Fsp3) is 0.571. The topological polar surface area (TPSA) is 108 Å². The summed E-state index contributed by atoms with van der Waals surface area (Å²) < 4.78 is 10.9. The minimum Gasteiger partial charge on any atom is -0.489 e. The third-order valence-corrected chi connectivity index (χ3v) is 4.20. The number of amides is 3. The monoisotopic (exact) mass is 421 g/mol. The van der Waals surface area contributed by atoms with Crippen LogP contribution in [0.5, 0.6) is 5.75 Å². The lowest BCUT2D eigenvalue weighted by Gasteiger charge is -2.29. The second kappa shape index (κ2) is 8.41. The van der Waals surface area contributed by atoms with Gasteiger partial charge in [0.15, 0.2) is 0 Å². The Bertz CT molecular complexity index is 825. The van der Waals surface area contributed by atoms with Gasteiger partial charge in [-0.25, -0.2) is 9.59 Å². The molecule has 1 aliphatic rings. The Morgan fingerprint density at radius 2 is 1.90 bits per heavy atom. The van der Waals surface area contributed by atoms with Gasteiger partial charge >= 0.3 is 12.2 Å². The van der Waals surface area contributed by atoms with Crippen molar-refractivity contribution in [2.45, 2.75) is 53.2 Å². The van der Waals surface area contributed by atoms with Crippen LogP contribution in [0.25, 0.3) is 0 Å². The fourth-order valence-corrected chi connectivity index (χ4v) is 2.95. The van der Waals surface area contributed by atoms with Crippen LogP contribution in [-0.2, 0) is 9.53 Å². The molecule has 0 aliphatic carbocycles. The van der Waals surface area contributed by atoms with Crippen molar-refractivity contribution in [1.82, 2.24) is 5.32 Å². The molecule has 0 radical (unpaired) electrons. The molecule has 0 saturated heterocycles. The number of hydrogen-bond acceptors (Lipinski definition) is 5. The van der Waals surface area contributed by atoms with Gasteiger partial charge in [0.25, 0.3) is 5.91 Å². The van der Waals surface area contributed by atoms with Gasteiger partial charge in [-0.2, -0.15) is 0 Å². The summed E-state index contributed by atoms with van der Waals surface area (Å²) >= 11 is 0. The Morgan fingerprint density at radius 1 is 1.27 bits per heavy atom. The van der Waals surface area contributed by atoms with Crippen molar-refractivity contribution in [3.8, 4) is 5.75 Å². The molecule has 30 heavy (non-hydrogen) atoms. The summed E-state index contributed by atoms with van der Waals surface area (Å²) in [7, 11) is 1.55.